The lowest BCUT2D eigenvalue weighted by atomic mass is 9.98. The molecular weight excluding hydrogens is 420 g/mol. The van der Waals surface area contributed by atoms with Crippen molar-refractivity contribution in [2.45, 2.75) is 0 Å². The molecule has 0 bridgehead atoms. The molecule has 10 nitrogen and oxygen atoms in total. The summed E-state index contributed by atoms with van der Waals surface area (Å²) >= 11 is 0. The van der Waals surface area contributed by atoms with Crippen LogP contribution in [0.25, 0.3) is 33.4 Å². The zero-order valence-electron chi connectivity index (χ0n) is 16.1. The number of carbonyl (C=O) groups is 1. The van der Waals surface area contributed by atoms with Crippen molar-refractivity contribution in [1.82, 2.24) is 0 Å². The summed E-state index contributed by atoms with van der Waals surface area (Å²) in [6, 6.07) is 13.3. The molecule has 4 N–H and O–H groups in total. The Balaban J connectivity index is 2.05. The van der Waals surface area contributed by atoms with Crippen molar-refractivity contribution in [2.75, 3.05) is 0 Å². The van der Waals surface area contributed by atoms with Crippen molar-refractivity contribution in [2.24, 2.45) is 5.73 Å². The van der Waals surface area contributed by atoms with Gasteiger partial charge in [-0.05, 0) is 29.8 Å². The number of nitrogens with zero attached hydrogens (tertiary/aromatic N) is 1. The molecule has 160 valence electrons. The van der Waals surface area contributed by atoms with E-state index in [-0.39, 0.29) is 39.5 Å². The molecule has 3 aromatic carbocycles. The van der Waals surface area contributed by atoms with Crippen LogP contribution in [0.2, 0.25) is 0 Å². The molecular formula is C22H14N2O8. The number of fused-ring (bicyclic) bond motifs is 1. The molecule has 0 unspecified atom stereocenters. The van der Waals surface area contributed by atoms with Gasteiger partial charge in [0.2, 0.25) is 5.43 Å². The number of benzene rings is 3. The molecule has 4 rings (SSSR count). The fraction of sp³-hybridized carbons (Fsp3) is 0. The number of nitrogens with two attached hydrogens (primary N) is 1. The number of non-ortho nitro benzene ring substituents is 1. The Morgan fingerprint density at radius 1 is 1.00 bits per heavy atom. The first kappa shape index (κ1) is 20.4. The second kappa shape index (κ2) is 7.76. The standard InChI is InChI=1S/C22H14N2O8/c23-22(28)31-15-9-16(26)19-17(10-15)32-21(12-1-5-13(6-2-12)24(29)30)18(20(19)27)11-3-7-14(25)8-4-11/h1-10,25-26H,(H2,23,28). The first-order valence-electron chi connectivity index (χ1n) is 9.10. The highest BCUT2D eigenvalue weighted by atomic mass is 16.6. The topological polar surface area (TPSA) is 166 Å². The Kier molecular flexibility index (Phi) is 4.95. The summed E-state index contributed by atoms with van der Waals surface area (Å²) in [4.78, 5) is 34.9. The number of nitro benzene ring substituents is 1. The summed E-state index contributed by atoms with van der Waals surface area (Å²) in [6.45, 7) is 0. The van der Waals surface area contributed by atoms with E-state index in [0.29, 0.717) is 11.1 Å². The Bertz CT molecular complexity index is 1420. The zero-order valence-corrected chi connectivity index (χ0v) is 16.1. The number of hydrogen-bond donors (Lipinski definition) is 3. The van der Waals surface area contributed by atoms with E-state index in [0.717, 1.165) is 6.07 Å². The molecule has 1 amide bonds. The third-order valence-electron chi connectivity index (χ3n) is 4.66. The van der Waals surface area contributed by atoms with Gasteiger partial charge in [0.1, 0.15) is 34.0 Å². The van der Waals surface area contributed by atoms with Crippen LogP contribution in [0, 0.1) is 10.1 Å². The first-order chi connectivity index (χ1) is 15.2. The predicted molar refractivity (Wildman–Crippen MR) is 114 cm³/mol. The van der Waals surface area contributed by atoms with Gasteiger partial charge in [-0.2, -0.15) is 0 Å². The second-order valence-electron chi connectivity index (χ2n) is 6.72. The summed E-state index contributed by atoms with van der Waals surface area (Å²) in [7, 11) is 0. The van der Waals surface area contributed by atoms with Gasteiger partial charge in [0.05, 0.1) is 10.5 Å². The molecule has 0 fully saturated rings. The maximum absolute atomic E-state index is 13.4. The third-order valence-corrected chi connectivity index (χ3v) is 4.66. The molecule has 32 heavy (non-hydrogen) atoms. The monoisotopic (exact) mass is 434 g/mol. The van der Waals surface area contributed by atoms with Crippen LogP contribution in [0.15, 0.2) is 69.9 Å². The average Bonchev–Trinajstić information content (AvgIpc) is 2.73. The Morgan fingerprint density at radius 2 is 1.62 bits per heavy atom. The Morgan fingerprint density at radius 3 is 2.22 bits per heavy atom. The first-order valence-corrected chi connectivity index (χ1v) is 9.10. The summed E-state index contributed by atoms with van der Waals surface area (Å²) in [5, 5.41) is 30.8. The molecule has 0 saturated heterocycles. The Hall–Kier alpha value is -4.86. The zero-order chi connectivity index (χ0) is 23.0. The molecule has 1 heterocycles. The molecule has 0 aliphatic carbocycles. The van der Waals surface area contributed by atoms with Crippen molar-refractivity contribution in [3.63, 3.8) is 0 Å². The van der Waals surface area contributed by atoms with Crippen molar-refractivity contribution >= 4 is 22.7 Å². The number of phenols is 2. The van der Waals surface area contributed by atoms with Gasteiger partial charge in [-0.3, -0.25) is 14.9 Å². The highest BCUT2D eigenvalue weighted by molar-refractivity contribution is 5.93. The van der Waals surface area contributed by atoms with E-state index in [1.165, 1.54) is 54.6 Å². The van der Waals surface area contributed by atoms with E-state index in [1.807, 2.05) is 0 Å². The van der Waals surface area contributed by atoms with Gasteiger partial charge < -0.3 is 25.1 Å². The van der Waals surface area contributed by atoms with Gasteiger partial charge in [0.15, 0.2) is 0 Å². The maximum Gasteiger partial charge on any atom is 0.409 e. The summed E-state index contributed by atoms with van der Waals surface area (Å²) in [6.07, 6.45) is -1.12. The quantitative estimate of drug-likeness (QED) is 0.321. The van der Waals surface area contributed by atoms with Gasteiger partial charge >= 0.3 is 6.09 Å². The Labute approximate surface area is 178 Å². The van der Waals surface area contributed by atoms with Crippen LogP contribution >= 0.6 is 0 Å². The second-order valence-corrected chi connectivity index (χ2v) is 6.72. The summed E-state index contributed by atoms with van der Waals surface area (Å²) in [5.74, 6) is -0.605. The number of nitro groups is 1. The van der Waals surface area contributed by atoms with Gasteiger partial charge in [0.25, 0.3) is 5.69 Å². The number of rotatable bonds is 4. The number of aromatic hydroxyl groups is 2. The third kappa shape index (κ3) is 3.67. The van der Waals surface area contributed by atoms with Crippen molar-refractivity contribution in [3.8, 4) is 39.7 Å². The van der Waals surface area contributed by atoms with Gasteiger partial charge in [0, 0.05) is 29.8 Å². The van der Waals surface area contributed by atoms with Crippen molar-refractivity contribution < 1.29 is 29.1 Å². The SMILES string of the molecule is NC(=O)Oc1cc(O)c2c(=O)c(-c3ccc(O)cc3)c(-c3ccc([N+](=O)[O-])cc3)oc2c1. The van der Waals surface area contributed by atoms with E-state index in [1.54, 1.807) is 0 Å². The lowest BCUT2D eigenvalue weighted by Crippen LogP contribution is -2.16. The predicted octanol–water partition coefficient (Wildman–Crippen LogP) is 3.90. The van der Waals surface area contributed by atoms with Crippen LogP contribution in [0.4, 0.5) is 10.5 Å². The minimum atomic E-state index is -1.12. The smallest absolute Gasteiger partial charge is 0.409 e. The van der Waals surface area contributed by atoms with Crippen LogP contribution < -0.4 is 15.9 Å². The number of carbonyl (C=O) groups excluding carboxylic acids is 1. The number of amides is 1. The minimum Gasteiger partial charge on any atom is -0.508 e. The fourth-order valence-corrected chi connectivity index (χ4v) is 3.28. The molecule has 10 heteroatoms. The normalized spacial score (nSPS) is 10.8. The van der Waals surface area contributed by atoms with Crippen LogP contribution in [-0.2, 0) is 0 Å². The molecule has 0 aliphatic heterocycles. The summed E-state index contributed by atoms with van der Waals surface area (Å²) < 4.78 is 10.7. The molecule has 0 atom stereocenters. The fourth-order valence-electron chi connectivity index (χ4n) is 3.28. The highest BCUT2D eigenvalue weighted by Crippen LogP contribution is 2.37. The van der Waals surface area contributed by atoms with E-state index < -0.39 is 22.2 Å². The van der Waals surface area contributed by atoms with E-state index in [4.69, 9.17) is 14.9 Å². The van der Waals surface area contributed by atoms with Crippen LogP contribution in [0.1, 0.15) is 0 Å². The molecule has 0 aliphatic rings. The van der Waals surface area contributed by atoms with E-state index >= 15 is 0 Å². The molecule has 1 aromatic heterocycles. The van der Waals surface area contributed by atoms with Crippen LogP contribution in [0.3, 0.4) is 0 Å². The summed E-state index contributed by atoms with van der Waals surface area (Å²) in [5.41, 5.74) is 4.94. The highest BCUT2D eigenvalue weighted by Gasteiger charge is 2.22. The van der Waals surface area contributed by atoms with Gasteiger partial charge in [-0.1, -0.05) is 12.1 Å². The van der Waals surface area contributed by atoms with Crippen molar-refractivity contribution in [1.29, 1.82) is 0 Å². The number of ether oxygens (including phenoxy) is 1. The van der Waals surface area contributed by atoms with Gasteiger partial charge in [-0.25, -0.2) is 4.79 Å². The van der Waals surface area contributed by atoms with E-state index in [9.17, 15) is 29.9 Å². The largest absolute Gasteiger partial charge is 0.508 e. The maximum atomic E-state index is 13.4. The van der Waals surface area contributed by atoms with Crippen LogP contribution in [0.5, 0.6) is 17.2 Å². The molecule has 0 spiro atoms. The molecule has 0 radical (unpaired) electrons. The minimum absolute atomic E-state index is 0.0214. The molecule has 4 aromatic rings. The van der Waals surface area contributed by atoms with Crippen molar-refractivity contribution in [3.05, 3.63) is 81.0 Å². The molecule has 0 saturated carbocycles. The lowest BCUT2D eigenvalue weighted by Gasteiger charge is -2.12. The number of primary amides is 1. The number of phenolic OH excluding ortho intramolecular Hbond substituents is 2. The van der Waals surface area contributed by atoms with Crippen LogP contribution in [-0.4, -0.2) is 21.2 Å². The number of hydrogen-bond acceptors (Lipinski definition) is 8. The van der Waals surface area contributed by atoms with E-state index in [2.05, 4.69) is 0 Å². The average molecular weight is 434 g/mol. The lowest BCUT2D eigenvalue weighted by molar-refractivity contribution is -0.384. The van der Waals surface area contributed by atoms with Gasteiger partial charge in [-0.15, -0.1) is 0 Å².